The van der Waals surface area contributed by atoms with Crippen LogP contribution in [0, 0.1) is 0 Å². The van der Waals surface area contributed by atoms with Crippen LogP contribution in [0.1, 0.15) is 66.2 Å². The Hall–Kier alpha value is -3.28. The second kappa shape index (κ2) is 17.0. The number of esters is 4. The van der Waals surface area contributed by atoms with E-state index in [1.807, 2.05) is 0 Å². The Bertz CT molecular complexity index is 1140. The zero-order chi connectivity index (χ0) is 31.4. The molecule has 0 aromatic rings. The first-order valence-corrected chi connectivity index (χ1v) is 14.0. The maximum atomic E-state index is 13.0. The van der Waals surface area contributed by atoms with E-state index in [1.54, 1.807) is 19.1 Å². The Balaban J connectivity index is 2.14. The summed E-state index contributed by atoms with van der Waals surface area (Å²) in [6, 6.07) is 0. The lowest BCUT2D eigenvalue weighted by atomic mass is 10.0. The number of rotatable bonds is 10. The van der Waals surface area contributed by atoms with E-state index in [4.69, 9.17) is 35.3 Å². The van der Waals surface area contributed by atoms with Gasteiger partial charge in [0, 0.05) is 36.4 Å². The third-order valence-corrected chi connectivity index (χ3v) is 6.92. The van der Waals surface area contributed by atoms with Crippen molar-refractivity contribution in [2.24, 2.45) is 0 Å². The lowest BCUT2D eigenvalue weighted by Gasteiger charge is -2.22. The number of carbonyl (C=O) groups is 5. The van der Waals surface area contributed by atoms with Gasteiger partial charge in [-0.1, -0.05) is 42.0 Å². The van der Waals surface area contributed by atoms with Crippen molar-refractivity contribution in [2.75, 3.05) is 13.2 Å². The highest BCUT2D eigenvalue weighted by atomic mass is 35.5. The molecule has 0 aromatic heterocycles. The predicted molar refractivity (Wildman–Crippen MR) is 151 cm³/mol. The molecular formula is C30H39ClO11. The lowest BCUT2D eigenvalue weighted by Crippen LogP contribution is -2.31. The first kappa shape index (κ1) is 34.9. The second-order valence-electron chi connectivity index (χ2n) is 10.3. The number of carbonyl (C=O) groups excluding carboxylic acids is 5. The van der Waals surface area contributed by atoms with E-state index in [-0.39, 0.29) is 43.8 Å². The Morgan fingerprint density at radius 2 is 1.83 bits per heavy atom. The molecule has 0 bridgehead atoms. The number of aliphatic hydroxyl groups is 1. The van der Waals surface area contributed by atoms with E-state index in [9.17, 15) is 29.1 Å². The molecule has 12 heteroatoms. The highest BCUT2D eigenvalue weighted by Gasteiger charge is 2.41. The zero-order valence-electron chi connectivity index (χ0n) is 24.4. The molecule has 2 aliphatic rings. The summed E-state index contributed by atoms with van der Waals surface area (Å²) in [6.45, 7) is 8.57. The van der Waals surface area contributed by atoms with Gasteiger partial charge in [0.25, 0.3) is 0 Å². The number of halogens is 1. The number of aliphatic hydroxyl groups excluding tert-OH is 1. The number of hydrogen-bond acceptors (Lipinski definition) is 11. The van der Waals surface area contributed by atoms with Gasteiger partial charge in [-0.25, -0.2) is 0 Å². The molecule has 5 atom stereocenters. The van der Waals surface area contributed by atoms with Crippen molar-refractivity contribution in [3.05, 3.63) is 46.6 Å². The molecule has 1 fully saturated rings. The van der Waals surface area contributed by atoms with Crippen LogP contribution in [0.3, 0.4) is 0 Å². The molecule has 42 heavy (non-hydrogen) atoms. The summed E-state index contributed by atoms with van der Waals surface area (Å²) in [7, 11) is 0. The Kier molecular flexibility index (Phi) is 14.1. The van der Waals surface area contributed by atoms with Gasteiger partial charge >= 0.3 is 23.9 Å². The molecule has 2 rings (SSSR count). The summed E-state index contributed by atoms with van der Waals surface area (Å²) in [4.78, 5) is 59.5. The molecule has 1 N–H and O–H groups in total. The van der Waals surface area contributed by atoms with Crippen molar-refractivity contribution in [2.45, 2.75) is 96.7 Å². The van der Waals surface area contributed by atoms with Gasteiger partial charge in [0.05, 0.1) is 31.2 Å². The molecule has 11 nitrogen and oxygen atoms in total. The number of fused-ring (bicyclic) bond motifs is 1. The van der Waals surface area contributed by atoms with Crippen molar-refractivity contribution in [1.82, 2.24) is 0 Å². The molecular weight excluding hydrogens is 572 g/mol. The minimum Gasteiger partial charge on any atom is -0.461 e. The normalized spacial score (nSPS) is 24.2. The van der Waals surface area contributed by atoms with Crippen molar-refractivity contribution in [3.63, 3.8) is 0 Å². The van der Waals surface area contributed by atoms with Crippen LogP contribution in [0.15, 0.2) is 46.6 Å². The second-order valence-corrected chi connectivity index (χ2v) is 10.8. The molecule has 5 unspecified atom stereocenters. The Morgan fingerprint density at radius 3 is 2.48 bits per heavy atom. The van der Waals surface area contributed by atoms with Gasteiger partial charge in [-0.3, -0.25) is 24.0 Å². The van der Waals surface area contributed by atoms with Crippen molar-refractivity contribution in [1.29, 1.82) is 0 Å². The quantitative estimate of drug-likeness (QED) is 0.167. The van der Waals surface area contributed by atoms with Crippen LogP contribution in [-0.2, 0) is 47.7 Å². The maximum Gasteiger partial charge on any atom is 0.310 e. The highest BCUT2D eigenvalue weighted by molar-refractivity contribution is 6.29. The van der Waals surface area contributed by atoms with Crippen LogP contribution in [0.2, 0.25) is 0 Å². The van der Waals surface area contributed by atoms with Crippen LogP contribution in [0.25, 0.3) is 0 Å². The van der Waals surface area contributed by atoms with E-state index in [0.29, 0.717) is 35.4 Å². The summed E-state index contributed by atoms with van der Waals surface area (Å²) in [5.74, 6) is -2.68. The molecule has 0 saturated carbocycles. The number of Topliss-reactive ketones (excluding diaryl/α,β-unsaturated/α-hetero) is 1. The van der Waals surface area contributed by atoms with Gasteiger partial charge in [0.15, 0.2) is 5.78 Å². The first-order valence-electron chi connectivity index (χ1n) is 13.6. The van der Waals surface area contributed by atoms with E-state index < -0.39 is 54.4 Å². The highest BCUT2D eigenvalue weighted by Crippen LogP contribution is 2.32. The number of hydrogen-bond donors (Lipinski definition) is 1. The van der Waals surface area contributed by atoms with Crippen LogP contribution < -0.4 is 0 Å². The standard InChI is InChI=1S/C30H39ClO11/c1-17(12-29(36)39-15-18(2)19(3)32)11-24(35)27-13-28-25(41-27)10-9-23(31)8-6-7-22(16-38-20(4)33)26(40-21(5)34)14-30(37)42-28/h7-8,11,24-28,35H,2,6,9-10,12-16H2,1,3-5H3. The number of ether oxygens (including phenoxy) is 5. The SMILES string of the molecule is C=C(COC(=O)CC(C)=CC(O)C1CC2OC(=O)CC(OC(C)=O)C(COC(C)=O)=CCC=C(Cl)CCC2O1)C(C)=O. The van der Waals surface area contributed by atoms with Crippen molar-refractivity contribution < 1.29 is 52.8 Å². The monoisotopic (exact) mass is 610 g/mol. The van der Waals surface area contributed by atoms with Crippen molar-refractivity contribution >= 4 is 41.3 Å². The zero-order valence-corrected chi connectivity index (χ0v) is 25.1. The maximum absolute atomic E-state index is 13.0. The van der Waals surface area contributed by atoms with E-state index in [0.717, 1.165) is 0 Å². The summed E-state index contributed by atoms with van der Waals surface area (Å²) >= 11 is 6.42. The third-order valence-electron chi connectivity index (χ3n) is 6.58. The minimum atomic E-state index is -1.12. The fourth-order valence-corrected chi connectivity index (χ4v) is 4.56. The van der Waals surface area contributed by atoms with Gasteiger partial charge in [-0.2, -0.15) is 0 Å². The molecule has 2 heterocycles. The topological polar surface area (TPSA) is 152 Å². The molecule has 0 amide bonds. The van der Waals surface area contributed by atoms with Gasteiger partial charge in [-0.05, 0) is 33.1 Å². The van der Waals surface area contributed by atoms with Crippen LogP contribution in [-0.4, -0.2) is 78.5 Å². The van der Waals surface area contributed by atoms with Crippen molar-refractivity contribution in [3.8, 4) is 0 Å². The fraction of sp³-hybridized carbons (Fsp3) is 0.567. The van der Waals surface area contributed by atoms with Crippen LogP contribution in [0.4, 0.5) is 0 Å². The van der Waals surface area contributed by atoms with Gasteiger partial charge in [0.2, 0.25) is 0 Å². The Morgan fingerprint density at radius 1 is 1.12 bits per heavy atom. The van der Waals surface area contributed by atoms with Crippen LogP contribution >= 0.6 is 11.6 Å². The molecule has 2 aliphatic heterocycles. The van der Waals surface area contributed by atoms with E-state index in [2.05, 4.69) is 6.58 Å². The van der Waals surface area contributed by atoms with Gasteiger partial charge < -0.3 is 28.8 Å². The predicted octanol–water partition coefficient (Wildman–Crippen LogP) is 3.56. The third kappa shape index (κ3) is 12.3. The van der Waals surface area contributed by atoms with Gasteiger partial charge in [0.1, 0.15) is 25.4 Å². The fourth-order valence-electron chi connectivity index (χ4n) is 4.36. The molecule has 0 radical (unpaired) electrons. The van der Waals surface area contributed by atoms with Gasteiger partial charge in [-0.15, -0.1) is 0 Å². The molecule has 0 aromatic carbocycles. The number of ketones is 1. The average Bonchev–Trinajstić information content (AvgIpc) is 3.29. The minimum absolute atomic E-state index is 0.113. The van der Waals surface area contributed by atoms with E-state index >= 15 is 0 Å². The molecule has 1 saturated heterocycles. The summed E-state index contributed by atoms with van der Waals surface area (Å²) in [6.07, 6.45) is 1.63. The van der Waals surface area contributed by atoms with E-state index in [1.165, 1.54) is 26.8 Å². The molecule has 232 valence electrons. The smallest absolute Gasteiger partial charge is 0.310 e. The number of allylic oxidation sites excluding steroid dienone is 3. The largest absolute Gasteiger partial charge is 0.461 e. The summed E-state index contributed by atoms with van der Waals surface area (Å²) in [5, 5.41) is 11.4. The summed E-state index contributed by atoms with van der Waals surface area (Å²) in [5.41, 5.74) is 1.10. The Labute approximate surface area is 250 Å². The first-order chi connectivity index (χ1) is 19.7. The average molecular weight is 611 g/mol. The molecule has 0 spiro atoms. The van der Waals surface area contributed by atoms with Crippen LogP contribution in [0.5, 0.6) is 0 Å². The summed E-state index contributed by atoms with van der Waals surface area (Å²) < 4.78 is 27.3. The molecule has 0 aliphatic carbocycles. The lowest BCUT2D eigenvalue weighted by molar-refractivity contribution is -0.157.